The average Bonchev–Trinajstić information content (AvgIpc) is 2.47. The largest absolute Gasteiger partial charge is 0.467 e. The maximum atomic E-state index is 11.7. The Morgan fingerprint density at radius 2 is 1.83 bits per heavy atom. The van der Waals surface area contributed by atoms with Crippen molar-refractivity contribution in [3.05, 3.63) is 35.9 Å². The molecule has 98 valence electrons. The highest BCUT2D eigenvalue weighted by molar-refractivity contribution is 5.76. The summed E-state index contributed by atoms with van der Waals surface area (Å²) in [6, 6.07) is 9.85. The van der Waals surface area contributed by atoms with Crippen LogP contribution < -0.4 is 0 Å². The number of carbonyl (C=O) groups excluding carboxylic acids is 1. The number of hydrogen-bond donors (Lipinski definition) is 1. The molecule has 3 nitrogen and oxygen atoms in total. The minimum Gasteiger partial charge on any atom is -0.467 e. The first kappa shape index (κ1) is 13.1. The molecule has 2 rings (SSSR count). The number of carbonyl (C=O) groups is 1. The molecule has 0 aromatic heterocycles. The molecule has 1 aromatic carbocycles. The number of aliphatic hydroxyl groups excluding tert-OH is 1. The van der Waals surface area contributed by atoms with E-state index in [-0.39, 0.29) is 0 Å². The molecule has 0 saturated heterocycles. The van der Waals surface area contributed by atoms with Crippen molar-refractivity contribution in [3.8, 4) is 0 Å². The van der Waals surface area contributed by atoms with Crippen molar-refractivity contribution in [2.24, 2.45) is 0 Å². The van der Waals surface area contributed by atoms with Gasteiger partial charge < -0.3 is 9.84 Å². The van der Waals surface area contributed by atoms with Crippen LogP contribution in [0.15, 0.2) is 30.3 Å². The molecule has 1 saturated carbocycles. The van der Waals surface area contributed by atoms with Crippen molar-refractivity contribution in [1.82, 2.24) is 0 Å². The molecule has 1 unspecified atom stereocenters. The SMILES string of the molecule is COC(=O)C(O)C1(c2ccccc2)CCCCC1. The van der Waals surface area contributed by atoms with Gasteiger partial charge in [-0.1, -0.05) is 49.6 Å². The fourth-order valence-electron chi connectivity index (χ4n) is 3.01. The van der Waals surface area contributed by atoms with Crippen molar-refractivity contribution in [1.29, 1.82) is 0 Å². The number of esters is 1. The van der Waals surface area contributed by atoms with Crippen LogP contribution in [-0.4, -0.2) is 24.3 Å². The average molecular weight is 248 g/mol. The zero-order valence-corrected chi connectivity index (χ0v) is 10.8. The van der Waals surface area contributed by atoms with Gasteiger partial charge in [0.05, 0.1) is 7.11 Å². The molecular weight excluding hydrogens is 228 g/mol. The van der Waals surface area contributed by atoms with Gasteiger partial charge in [0.1, 0.15) is 0 Å². The van der Waals surface area contributed by atoms with Gasteiger partial charge in [-0.15, -0.1) is 0 Å². The minimum atomic E-state index is -1.06. The van der Waals surface area contributed by atoms with Gasteiger partial charge in [-0.05, 0) is 18.4 Å². The molecule has 18 heavy (non-hydrogen) atoms. The highest BCUT2D eigenvalue weighted by atomic mass is 16.5. The predicted octanol–water partition coefficient (Wildman–Crippen LogP) is 2.42. The fourth-order valence-corrected chi connectivity index (χ4v) is 3.01. The van der Waals surface area contributed by atoms with E-state index < -0.39 is 17.5 Å². The molecule has 0 bridgehead atoms. The van der Waals surface area contributed by atoms with E-state index in [0.29, 0.717) is 0 Å². The van der Waals surface area contributed by atoms with Gasteiger partial charge in [0.15, 0.2) is 6.10 Å². The van der Waals surface area contributed by atoms with E-state index in [1.54, 1.807) is 0 Å². The lowest BCUT2D eigenvalue weighted by Crippen LogP contribution is -2.46. The second kappa shape index (κ2) is 5.53. The lowest BCUT2D eigenvalue weighted by Gasteiger charge is -2.40. The first-order chi connectivity index (χ1) is 8.70. The maximum Gasteiger partial charge on any atom is 0.335 e. The summed E-state index contributed by atoms with van der Waals surface area (Å²) in [4.78, 5) is 11.7. The van der Waals surface area contributed by atoms with Crippen LogP contribution in [0.4, 0.5) is 0 Å². The predicted molar refractivity (Wildman–Crippen MR) is 69.2 cm³/mol. The fraction of sp³-hybridized carbons (Fsp3) is 0.533. The molecule has 1 aromatic rings. The Balaban J connectivity index is 2.37. The number of hydrogen-bond acceptors (Lipinski definition) is 3. The van der Waals surface area contributed by atoms with Gasteiger partial charge in [-0.3, -0.25) is 0 Å². The van der Waals surface area contributed by atoms with E-state index in [1.165, 1.54) is 13.5 Å². The van der Waals surface area contributed by atoms with Gasteiger partial charge in [0.2, 0.25) is 0 Å². The zero-order valence-electron chi connectivity index (χ0n) is 10.8. The van der Waals surface area contributed by atoms with Gasteiger partial charge in [0, 0.05) is 5.41 Å². The molecule has 1 fully saturated rings. The Bertz CT molecular complexity index is 393. The molecular formula is C15H20O3. The summed E-state index contributed by atoms with van der Waals surface area (Å²) in [6.07, 6.45) is 3.87. The van der Waals surface area contributed by atoms with Crippen LogP contribution in [0.5, 0.6) is 0 Å². The van der Waals surface area contributed by atoms with Gasteiger partial charge >= 0.3 is 5.97 Å². The molecule has 0 amide bonds. The van der Waals surface area contributed by atoms with E-state index >= 15 is 0 Å². The van der Waals surface area contributed by atoms with Crippen LogP contribution in [0.2, 0.25) is 0 Å². The topological polar surface area (TPSA) is 46.5 Å². The van der Waals surface area contributed by atoms with Crippen LogP contribution >= 0.6 is 0 Å². The van der Waals surface area contributed by atoms with Crippen molar-refractivity contribution < 1.29 is 14.6 Å². The van der Waals surface area contributed by atoms with E-state index in [2.05, 4.69) is 0 Å². The third-order valence-corrected chi connectivity index (χ3v) is 4.04. The lowest BCUT2D eigenvalue weighted by molar-refractivity contribution is -0.155. The monoisotopic (exact) mass is 248 g/mol. The highest BCUT2D eigenvalue weighted by Crippen LogP contribution is 2.42. The molecule has 3 heteroatoms. The number of benzene rings is 1. The highest BCUT2D eigenvalue weighted by Gasteiger charge is 2.44. The van der Waals surface area contributed by atoms with Crippen molar-refractivity contribution in [3.63, 3.8) is 0 Å². The van der Waals surface area contributed by atoms with E-state index in [9.17, 15) is 9.90 Å². The van der Waals surface area contributed by atoms with Crippen LogP contribution in [-0.2, 0) is 14.9 Å². The Morgan fingerprint density at radius 1 is 1.22 bits per heavy atom. The molecule has 0 radical (unpaired) electrons. The third kappa shape index (κ3) is 2.27. The normalized spacial score (nSPS) is 20.1. The van der Waals surface area contributed by atoms with Crippen molar-refractivity contribution in [2.75, 3.05) is 7.11 Å². The summed E-state index contributed by atoms with van der Waals surface area (Å²) in [5, 5.41) is 10.4. The molecule has 0 aliphatic heterocycles. The number of methoxy groups -OCH3 is 1. The van der Waals surface area contributed by atoms with E-state index in [4.69, 9.17) is 4.74 Å². The quantitative estimate of drug-likeness (QED) is 0.836. The van der Waals surface area contributed by atoms with Crippen LogP contribution in [0, 0.1) is 0 Å². The summed E-state index contributed by atoms with van der Waals surface area (Å²) in [7, 11) is 1.33. The molecule has 1 aliphatic carbocycles. The first-order valence-electron chi connectivity index (χ1n) is 6.52. The molecule has 0 heterocycles. The van der Waals surface area contributed by atoms with Gasteiger partial charge in [-0.2, -0.15) is 0 Å². The number of aliphatic hydroxyl groups is 1. The van der Waals surface area contributed by atoms with Gasteiger partial charge in [0.25, 0.3) is 0 Å². The van der Waals surface area contributed by atoms with Crippen molar-refractivity contribution >= 4 is 5.97 Å². The van der Waals surface area contributed by atoms with Crippen LogP contribution in [0.25, 0.3) is 0 Å². The third-order valence-electron chi connectivity index (χ3n) is 4.04. The molecule has 1 N–H and O–H groups in total. The zero-order chi connectivity index (χ0) is 13.0. The van der Waals surface area contributed by atoms with Gasteiger partial charge in [-0.25, -0.2) is 4.79 Å². The second-order valence-corrected chi connectivity index (χ2v) is 5.01. The van der Waals surface area contributed by atoms with Crippen LogP contribution in [0.1, 0.15) is 37.7 Å². The van der Waals surface area contributed by atoms with E-state index in [1.807, 2.05) is 30.3 Å². The summed E-state index contributed by atoms with van der Waals surface area (Å²) >= 11 is 0. The standard InChI is InChI=1S/C15H20O3/c1-18-14(17)13(16)15(10-6-3-7-11-15)12-8-4-2-5-9-12/h2,4-5,8-9,13,16H,3,6-7,10-11H2,1H3. The second-order valence-electron chi connectivity index (χ2n) is 5.01. The maximum absolute atomic E-state index is 11.7. The summed E-state index contributed by atoms with van der Waals surface area (Å²) in [6.45, 7) is 0. The minimum absolute atomic E-state index is 0.466. The Kier molecular flexibility index (Phi) is 4.02. The molecule has 1 aliphatic rings. The molecule has 1 atom stereocenters. The summed E-state index contributed by atoms with van der Waals surface area (Å²) in [5.74, 6) is -0.527. The molecule has 0 spiro atoms. The first-order valence-corrected chi connectivity index (χ1v) is 6.52. The van der Waals surface area contributed by atoms with Crippen molar-refractivity contribution in [2.45, 2.75) is 43.6 Å². The lowest BCUT2D eigenvalue weighted by atomic mass is 9.66. The van der Waals surface area contributed by atoms with Crippen LogP contribution in [0.3, 0.4) is 0 Å². The van der Waals surface area contributed by atoms with E-state index in [0.717, 1.165) is 31.2 Å². The Labute approximate surface area is 108 Å². The Hall–Kier alpha value is -1.35. The smallest absolute Gasteiger partial charge is 0.335 e. The number of rotatable bonds is 3. The number of ether oxygens (including phenoxy) is 1. The summed E-state index contributed by atoms with van der Waals surface area (Å²) < 4.78 is 4.72. The summed E-state index contributed by atoms with van der Waals surface area (Å²) in [5.41, 5.74) is 0.578. The Morgan fingerprint density at radius 3 is 2.39 bits per heavy atom.